The van der Waals surface area contributed by atoms with Crippen LogP contribution in [0.5, 0.6) is 0 Å². The third kappa shape index (κ3) is 2.59. The van der Waals surface area contributed by atoms with Gasteiger partial charge >= 0.3 is 6.09 Å². The Kier molecular flexibility index (Phi) is 3.91. The summed E-state index contributed by atoms with van der Waals surface area (Å²) in [4.78, 5) is 24.0. The lowest BCUT2D eigenvalue weighted by Crippen LogP contribution is -2.45. The van der Waals surface area contributed by atoms with Gasteiger partial charge in [-0.05, 0) is 35.1 Å². The lowest BCUT2D eigenvalue weighted by atomic mass is 9.77. The number of amides is 1. The zero-order valence-electron chi connectivity index (χ0n) is 11.8. The molecule has 1 unspecified atom stereocenters. The van der Waals surface area contributed by atoms with Crippen molar-refractivity contribution in [1.82, 2.24) is 4.90 Å². The van der Waals surface area contributed by atoms with E-state index in [0.717, 1.165) is 21.9 Å². The predicted octanol–water partition coefficient (Wildman–Crippen LogP) is 3.88. The van der Waals surface area contributed by atoms with E-state index in [4.69, 9.17) is 0 Å². The second-order valence-electron chi connectivity index (χ2n) is 6.19. The zero-order chi connectivity index (χ0) is 15.1. The molecule has 1 aliphatic rings. The molecule has 1 N–H and O–H groups in total. The Balaban J connectivity index is 2.63. The molecule has 0 saturated carbocycles. The van der Waals surface area contributed by atoms with E-state index in [2.05, 4.69) is 15.9 Å². The summed E-state index contributed by atoms with van der Waals surface area (Å²) in [6, 6.07) is 3.40. The van der Waals surface area contributed by atoms with Gasteiger partial charge in [-0.2, -0.15) is 0 Å². The van der Waals surface area contributed by atoms with E-state index in [1.165, 1.54) is 4.90 Å². The Hall–Kier alpha value is -1.36. The van der Waals surface area contributed by atoms with E-state index >= 15 is 0 Å². The second-order valence-corrected chi connectivity index (χ2v) is 7.04. The second kappa shape index (κ2) is 5.20. The third-order valence-electron chi connectivity index (χ3n) is 3.65. The average Bonchev–Trinajstić information content (AvgIpc) is 2.35. The summed E-state index contributed by atoms with van der Waals surface area (Å²) in [5, 5.41) is 9.44. The molecule has 108 valence electrons. The summed E-state index contributed by atoms with van der Waals surface area (Å²) in [6.07, 6.45) is 0.553. The quantitative estimate of drug-likeness (QED) is 0.789. The molecule has 20 heavy (non-hydrogen) atoms. The normalized spacial score (nSPS) is 18.6. The monoisotopic (exact) mass is 339 g/mol. The maximum absolute atomic E-state index is 11.5. The molecule has 0 bridgehead atoms. The van der Waals surface area contributed by atoms with Crippen molar-refractivity contribution >= 4 is 28.3 Å². The van der Waals surface area contributed by atoms with Gasteiger partial charge in [-0.15, -0.1) is 0 Å². The van der Waals surface area contributed by atoms with Crippen LogP contribution in [0.2, 0.25) is 0 Å². The van der Waals surface area contributed by atoms with E-state index in [1.54, 1.807) is 6.07 Å². The summed E-state index contributed by atoms with van der Waals surface area (Å²) in [5.74, 6) is 0. The summed E-state index contributed by atoms with van der Waals surface area (Å²) in [6.45, 7) is 6.55. The van der Waals surface area contributed by atoms with Crippen molar-refractivity contribution in [2.45, 2.75) is 33.2 Å². The molecule has 4 nitrogen and oxygen atoms in total. The van der Waals surface area contributed by atoms with Crippen LogP contribution >= 0.6 is 15.9 Å². The van der Waals surface area contributed by atoms with E-state index in [9.17, 15) is 14.7 Å². The van der Waals surface area contributed by atoms with Crippen LogP contribution in [0.1, 0.15) is 48.3 Å². The zero-order valence-corrected chi connectivity index (χ0v) is 13.4. The molecule has 1 aromatic rings. The van der Waals surface area contributed by atoms with Crippen LogP contribution in [-0.4, -0.2) is 28.9 Å². The highest BCUT2D eigenvalue weighted by Gasteiger charge is 2.39. The molecule has 5 heteroatoms. The first kappa shape index (κ1) is 15.0. The number of hydrogen-bond acceptors (Lipinski definition) is 2. The lowest BCUT2D eigenvalue weighted by Gasteiger charge is -2.43. The van der Waals surface area contributed by atoms with Crippen LogP contribution < -0.4 is 0 Å². The van der Waals surface area contributed by atoms with E-state index in [1.807, 2.05) is 26.8 Å². The van der Waals surface area contributed by atoms with Crippen molar-refractivity contribution in [3.8, 4) is 0 Å². The molecule has 1 aliphatic heterocycles. The molecule has 0 saturated heterocycles. The first-order chi connectivity index (χ1) is 9.25. The highest BCUT2D eigenvalue weighted by molar-refractivity contribution is 9.10. The van der Waals surface area contributed by atoms with Crippen LogP contribution in [0.4, 0.5) is 4.79 Å². The molecular formula is C15H18BrNO3. The number of halogens is 1. The van der Waals surface area contributed by atoms with Gasteiger partial charge in [0, 0.05) is 16.6 Å². The number of aldehydes is 1. The van der Waals surface area contributed by atoms with Crippen LogP contribution in [0.3, 0.4) is 0 Å². The fourth-order valence-electron chi connectivity index (χ4n) is 2.91. The predicted molar refractivity (Wildman–Crippen MR) is 80.2 cm³/mol. The van der Waals surface area contributed by atoms with E-state index < -0.39 is 6.09 Å². The Bertz CT molecular complexity index is 563. The van der Waals surface area contributed by atoms with E-state index in [-0.39, 0.29) is 11.5 Å². The number of nitrogens with zero attached hydrogens (tertiary/aromatic N) is 1. The van der Waals surface area contributed by atoms with Crippen LogP contribution in [0.25, 0.3) is 0 Å². The molecule has 1 atom stereocenters. The topological polar surface area (TPSA) is 57.6 Å². The fourth-order valence-corrected chi connectivity index (χ4v) is 3.65. The van der Waals surface area contributed by atoms with Crippen molar-refractivity contribution < 1.29 is 14.7 Å². The number of carbonyl (C=O) groups is 2. The summed E-state index contributed by atoms with van der Waals surface area (Å²) >= 11 is 3.50. The molecular weight excluding hydrogens is 322 g/mol. The van der Waals surface area contributed by atoms with Crippen molar-refractivity contribution in [3.05, 3.63) is 33.3 Å². The van der Waals surface area contributed by atoms with Gasteiger partial charge in [-0.3, -0.25) is 4.79 Å². The number of fused-ring (bicyclic) bond motifs is 1. The molecule has 0 radical (unpaired) electrons. The number of hydrogen-bond donors (Lipinski definition) is 1. The van der Waals surface area contributed by atoms with Crippen molar-refractivity contribution in [2.24, 2.45) is 5.41 Å². The van der Waals surface area contributed by atoms with Crippen molar-refractivity contribution in [1.29, 1.82) is 0 Å². The number of carboxylic acid groups (broad SMARTS) is 1. The molecule has 1 heterocycles. The SMILES string of the molecule is CC(C)(C)C1c2c(Br)cc(C=O)cc2CCN1C(=O)O. The molecule has 1 aromatic carbocycles. The van der Waals surface area contributed by atoms with Crippen molar-refractivity contribution in [3.63, 3.8) is 0 Å². The molecule has 0 spiro atoms. The largest absolute Gasteiger partial charge is 0.465 e. The summed E-state index contributed by atoms with van der Waals surface area (Å²) < 4.78 is 0.808. The van der Waals surface area contributed by atoms with Gasteiger partial charge < -0.3 is 10.0 Å². The number of rotatable bonds is 1. The number of benzene rings is 1. The number of carbonyl (C=O) groups excluding carboxylic acids is 1. The smallest absolute Gasteiger partial charge is 0.407 e. The van der Waals surface area contributed by atoms with Gasteiger partial charge in [-0.1, -0.05) is 36.7 Å². The van der Waals surface area contributed by atoms with Gasteiger partial charge in [0.1, 0.15) is 6.29 Å². The Labute approximate surface area is 126 Å². The minimum Gasteiger partial charge on any atom is -0.465 e. The van der Waals surface area contributed by atoms with Gasteiger partial charge in [-0.25, -0.2) is 4.79 Å². The molecule has 1 amide bonds. The first-order valence-corrected chi connectivity index (χ1v) is 7.32. The van der Waals surface area contributed by atoms with E-state index in [0.29, 0.717) is 18.5 Å². The Morgan fingerprint density at radius 3 is 2.60 bits per heavy atom. The van der Waals surface area contributed by atoms with Gasteiger partial charge in [0.05, 0.1) is 6.04 Å². The minimum absolute atomic E-state index is 0.223. The minimum atomic E-state index is -0.901. The average molecular weight is 340 g/mol. The van der Waals surface area contributed by atoms with Gasteiger partial charge in [0.15, 0.2) is 0 Å². The summed E-state index contributed by atoms with van der Waals surface area (Å²) in [7, 11) is 0. The Morgan fingerprint density at radius 2 is 2.10 bits per heavy atom. The standard InChI is InChI=1S/C15H18BrNO3/c1-15(2,3)13-12-10(4-5-17(13)14(19)20)6-9(8-18)7-11(12)16/h6-8,13H,4-5H2,1-3H3,(H,19,20). The lowest BCUT2D eigenvalue weighted by molar-refractivity contribution is 0.0754. The fraction of sp³-hybridized carbons (Fsp3) is 0.467. The maximum atomic E-state index is 11.5. The molecule has 0 fully saturated rings. The molecule has 0 aliphatic carbocycles. The van der Waals surface area contributed by atoms with Gasteiger partial charge in [0.25, 0.3) is 0 Å². The highest BCUT2D eigenvalue weighted by atomic mass is 79.9. The summed E-state index contributed by atoms with van der Waals surface area (Å²) in [5.41, 5.74) is 2.43. The van der Waals surface area contributed by atoms with Gasteiger partial charge in [0.2, 0.25) is 0 Å². The van der Waals surface area contributed by atoms with Crippen LogP contribution in [-0.2, 0) is 6.42 Å². The van der Waals surface area contributed by atoms with Crippen LogP contribution in [0, 0.1) is 5.41 Å². The molecule has 2 rings (SSSR count). The van der Waals surface area contributed by atoms with Crippen LogP contribution in [0.15, 0.2) is 16.6 Å². The molecule has 0 aromatic heterocycles. The maximum Gasteiger partial charge on any atom is 0.407 e. The Morgan fingerprint density at radius 1 is 1.45 bits per heavy atom. The van der Waals surface area contributed by atoms with Crippen molar-refractivity contribution in [2.75, 3.05) is 6.54 Å². The third-order valence-corrected chi connectivity index (χ3v) is 4.30. The highest BCUT2D eigenvalue weighted by Crippen LogP contribution is 2.45. The first-order valence-electron chi connectivity index (χ1n) is 6.52.